The Morgan fingerprint density at radius 3 is 2.62 bits per heavy atom. The van der Waals surface area contributed by atoms with E-state index < -0.39 is 0 Å². The summed E-state index contributed by atoms with van der Waals surface area (Å²) >= 11 is 0. The third-order valence-electron chi connectivity index (χ3n) is 4.26. The van der Waals surface area contributed by atoms with Crippen LogP contribution in [0.2, 0.25) is 0 Å². The van der Waals surface area contributed by atoms with Crippen LogP contribution in [-0.4, -0.2) is 26.4 Å². The van der Waals surface area contributed by atoms with Gasteiger partial charge in [-0.05, 0) is 31.5 Å². The van der Waals surface area contributed by atoms with Crippen LogP contribution in [-0.2, 0) is 13.6 Å². The zero-order valence-corrected chi connectivity index (χ0v) is 14.5. The third kappa shape index (κ3) is 3.19. The van der Waals surface area contributed by atoms with E-state index in [9.17, 15) is 0 Å². The number of benzene rings is 1. The van der Waals surface area contributed by atoms with Crippen molar-refractivity contribution in [3.05, 3.63) is 59.8 Å². The number of methoxy groups -OCH3 is 1. The van der Waals surface area contributed by atoms with Crippen LogP contribution in [0.4, 0.5) is 0 Å². The van der Waals surface area contributed by atoms with Crippen LogP contribution in [0.25, 0.3) is 5.69 Å². The van der Waals surface area contributed by atoms with Crippen molar-refractivity contribution < 1.29 is 4.74 Å². The highest BCUT2D eigenvalue weighted by Crippen LogP contribution is 2.22. The van der Waals surface area contributed by atoms with Gasteiger partial charge in [0.2, 0.25) is 5.88 Å². The second-order valence-corrected chi connectivity index (χ2v) is 5.86. The molecule has 1 N–H and O–H groups in total. The molecular weight excluding hydrogens is 302 g/mol. The summed E-state index contributed by atoms with van der Waals surface area (Å²) < 4.78 is 9.21. The number of aromatic nitrogens is 4. The molecule has 2 heterocycles. The highest BCUT2D eigenvalue weighted by atomic mass is 16.5. The van der Waals surface area contributed by atoms with E-state index in [0.29, 0.717) is 6.54 Å². The molecule has 126 valence electrons. The lowest BCUT2D eigenvalue weighted by Crippen LogP contribution is -2.18. The van der Waals surface area contributed by atoms with Gasteiger partial charge in [0.25, 0.3) is 0 Å². The van der Waals surface area contributed by atoms with Gasteiger partial charge in [-0.25, -0.2) is 9.67 Å². The summed E-state index contributed by atoms with van der Waals surface area (Å²) in [4.78, 5) is 4.08. The molecule has 0 aliphatic heterocycles. The Balaban J connectivity index is 1.68. The van der Waals surface area contributed by atoms with Crippen LogP contribution in [0.5, 0.6) is 5.88 Å². The first-order chi connectivity index (χ1) is 11.6. The smallest absolute Gasteiger partial charge is 0.216 e. The molecule has 0 amide bonds. The second-order valence-electron chi connectivity index (χ2n) is 5.86. The summed E-state index contributed by atoms with van der Waals surface area (Å²) in [7, 11) is 3.58. The summed E-state index contributed by atoms with van der Waals surface area (Å²) in [6.07, 6.45) is 5.52. The molecule has 0 spiro atoms. The number of aryl methyl sites for hydroxylation is 2. The molecule has 0 saturated heterocycles. The molecule has 2 aromatic heterocycles. The minimum Gasteiger partial charge on any atom is -0.481 e. The van der Waals surface area contributed by atoms with E-state index in [4.69, 9.17) is 4.74 Å². The first-order valence-corrected chi connectivity index (χ1v) is 7.98. The van der Waals surface area contributed by atoms with E-state index in [0.717, 1.165) is 22.8 Å². The SMILES string of the molecule is COc1c(CNC(C)c2ccc(-n3ccnc3)cc2)c(C)nn1C. The van der Waals surface area contributed by atoms with Gasteiger partial charge in [-0.2, -0.15) is 5.10 Å². The highest BCUT2D eigenvalue weighted by molar-refractivity contribution is 5.36. The zero-order valence-electron chi connectivity index (χ0n) is 14.5. The van der Waals surface area contributed by atoms with Gasteiger partial charge < -0.3 is 14.6 Å². The lowest BCUT2D eigenvalue weighted by atomic mass is 10.1. The van der Waals surface area contributed by atoms with Crippen molar-refractivity contribution in [2.75, 3.05) is 7.11 Å². The summed E-state index contributed by atoms with van der Waals surface area (Å²) in [6, 6.07) is 8.71. The molecule has 0 fully saturated rings. The van der Waals surface area contributed by atoms with Gasteiger partial charge in [0.15, 0.2) is 0 Å². The van der Waals surface area contributed by atoms with Gasteiger partial charge in [-0.15, -0.1) is 0 Å². The van der Waals surface area contributed by atoms with Crippen molar-refractivity contribution in [3.8, 4) is 11.6 Å². The van der Waals surface area contributed by atoms with Gasteiger partial charge in [-0.3, -0.25) is 0 Å². The van der Waals surface area contributed by atoms with Crippen molar-refractivity contribution in [3.63, 3.8) is 0 Å². The van der Waals surface area contributed by atoms with Crippen molar-refractivity contribution in [2.45, 2.75) is 26.4 Å². The molecule has 0 bridgehead atoms. The van der Waals surface area contributed by atoms with E-state index in [1.165, 1.54) is 5.56 Å². The Labute approximate surface area is 142 Å². The minimum absolute atomic E-state index is 0.228. The predicted octanol–water partition coefficient (Wildman–Crippen LogP) is 2.77. The topological polar surface area (TPSA) is 56.9 Å². The lowest BCUT2D eigenvalue weighted by Gasteiger charge is -2.15. The van der Waals surface area contributed by atoms with Crippen molar-refractivity contribution in [2.24, 2.45) is 7.05 Å². The lowest BCUT2D eigenvalue weighted by molar-refractivity contribution is 0.367. The van der Waals surface area contributed by atoms with Gasteiger partial charge in [0.1, 0.15) is 0 Å². The van der Waals surface area contributed by atoms with Crippen molar-refractivity contribution >= 4 is 0 Å². The van der Waals surface area contributed by atoms with Crippen molar-refractivity contribution in [1.29, 1.82) is 0 Å². The first-order valence-electron chi connectivity index (χ1n) is 7.98. The maximum atomic E-state index is 5.44. The number of nitrogens with one attached hydrogen (secondary N) is 1. The number of hydrogen-bond acceptors (Lipinski definition) is 4. The molecule has 1 aromatic carbocycles. The number of rotatable bonds is 6. The number of nitrogens with zero attached hydrogens (tertiary/aromatic N) is 4. The molecule has 0 radical (unpaired) electrons. The summed E-state index contributed by atoms with van der Waals surface area (Å²) in [5.74, 6) is 0.808. The third-order valence-corrected chi connectivity index (χ3v) is 4.26. The molecule has 0 saturated carbocycles. The normalized spacial score (nSPS) is 12.3. The second kappa shape index (κ2) is 6.88. The Hall–Kier alpha value is -2.60. The molecule has 6 nitrogen and oxygen atoms in total. The molecule has 3 aromatic rings. The number of hydrogen-bond donors (Lipinski definition) is 1. The predicted molar refractivity (Wildman–Crippen MR) is 93.3 cm³/mol. The van der Waals surface area contributed by atoms with E-state index in [2.05, 4.69) is 46.6 Å². The largest absolute Gasteiger partial charge is 0.481 e. The van der Waals surface area contributed by atoms with Crippen LogP contribution in [0.15, 0.2) is 43.0 Å². The minimum atomic E-state index is 0.228. The summed E-state index contributed by atoms with van der Waals surface area (Å²) in [5.41, 5.74) is 4.43. The molecule has 24 heavy (non-hydrogen) atoms. The zero-order chi connectivity index (χ0) is 17.1. The maximum absolute atomic E-state index is 5.44. The van der Waals surface area contributed by atoms with E-state index in [1.807, 2.05) is 24.7 Å². The summed E-state index contributed by atoms with van der Waals surface area (Å²) in [5, 5.41) is 7.96. The van der Waals surface area contributed by atoms with Crippen molar-refractivity contribution in [1.82, 2.24) is 24.6 Å². The fraction of sp³-hybridized carbons (Fsp3) is 0.333. The average molecular weight is 325 g/mol. The van der Waals surface area contributed by atoms with Gasteiger partial charge in [0.05, 0.1) is 24.7 Å². The van der Waals surface area contributed by atoms with Crippen LogP contribution in [0.3, 0.4) is 0 Å². The Kier molecular flexibility index (Phi) is 4.66. The van der Waals surface area contributed by atoms with Crippen LogP contribution < -0.4 is 10.1 Å². The molecule has 3 rings (SSSR count). The van der Waals surface area contributed by atoms with E-state index >= 15 is 0 Å². The van der Waals surface area contributed by atoms with Crippen LogP contribution >= 0.6 is 0 Å². The molecule has 0 aliphatic rings. The molecule has 0 aliphatic carbocycles. The standard InChI is InChI=1S/C18H23N5O/c1-13(20-11-17-14(2)21-22(3)18(17)24-4)15-5-7-16(8-6-15)23-10-9-19-12-23/h5-10,12-13,20H,11H2,1-4H3. The number of ether oxygens (including phenoxy) is 1. The van der Waals surface area contributed by atoms with Crippen LogP contribution in [0, 0.1) is 6.92 Å². The monoisotopic (exact) mass is 325 g/mol. The molecule has 1 atom stereocenters. The van der Waals surface area contributed by atoms with E-state index in [1.54, 1.807) is 24.3 Å². The molecular formula is C18H23N5O. The van der Waals surface area contributed by atoms with Gasteiger partial charge in [0, 0.05) is 37.7 Å². The van der Waals surface area contributed by atoms with Crippen LogP contribution in [0.1, 0.15) is 29.8 Å². The van der Waals surface area contributed by atoms with Gasteiger partial charge in [-0.1, -0.05) is 12.1 Å². The maximum Gasteiger partial charge on any atom is 0.216 e. The highest BCUT2D eigenvalue weighted by Gasteiger charge is 2.15. The Morgan fingerprint density at radius 1 is 1.25 bits per heavy atom. The Bertz CT molecular complexity index is 790. The number of imidazole rings is 1. The first kappa shape index (κ1) is 16.3. The Morgan fingerprint density at radius 2 is 2.00 bits per heavy atom. The summed E-state index contributed by atoms with van der Waals surface area (Å²) in [6.45, 7) is 4.88. The van der Waals surface area contributed by atoms with Gasteiger partial charge >= 0.3 is 0 Å². The quantitative estimate of drug-likeness (QED) is 0.757. The fourth-order valence-corrected chi connectivity index (χ4v) is 2.86. The molecule has 1 unspecified atom stereocenters. The molecule has 6 heteroatoms. The van der Waals surface area contributed by atoms with E-state index in [-0.39, 0.29) is 6.04 Å². The average Bonchev–Trinajstić information content (AvgIpc) is 3.20. The fourth-order valence-electron chi connectivity index (χ4n) is 2.86.